The Labute approximate surface area is 91.0 Å². The van der Waals surface area contributed by atoms with E-state index in [1.165, 1.54) is 0 Å². The molecule has 4 nitrogen and oxygen atoms in total. The van der Waals surface area contributed by atoms with E-state index < -0.39 is 0 Å². The summed E-state index contributed by atoms with van der Waals surface area (Å²) in [5.41, 5.74) is 0. The zero-order valence-corrected chi connectivity index (χ0v) is 9.37. The van der Waals surface area contributed by atoms with E-state index in [1.807, 2.05) is 6.92 Å². The van der Waals surface area contributed by atoms with Crippen molar-refractivity contribution in [2.75, 3.05) is 19.7 Å². The monoisotopic (exact) mass is 215 g/mol. The largest absolute Gasteiger partial charge is 0.466 e. The molecule has 2 atom stereocenters. The number of hydrogen-bond acceptors (Lipinski definition) is 4. The summed E-state index contributed by atoms with van der Waals surface area (Å²) in [6.07, 6.45) is 3.23. The van der Waals surface area contributed by atoms with Crippen LogP contribution < -0.4 is 5.32 Å². The molecule has 0 bridgehead atoms. The fourth-order valence-electron chi connectivity index (χ4n) is 1.96. The van der Waals surface area contributed by atoms with Crippen LogP contribution in [0.4, 0.5) is 0 Å². The molecular weight excluding hydrogens is 194 g/mol. The number of hydrogen-bond donors (Lipinski definition) is 2. The standard InChI is InChI=1S/C11H21NO3/c1-2-15-11(14)5-6-12-8-9-3-4-10(13)7-9/h9-10,12-13H,2-8H2,1H3. The molecule has 88 valence electrons. The summed E-state index contributed by atoms with van der Waals surface area (Å²) in [7, 11) is 0. The first-order valence-corrected chi connectivity index (χ1v) is 5.76. The van der Waals surface area contributed by atoms with Gasteiger partial charge in [-0.05, 0) is 38.6 Å². The first-order valence-electron chi connectivity index (χ1n) is 5.76. The first-order chi connectivity index (χ1) is 7.22. The van der Waals surface area contributed by atoms with Crippen molar-refractivity contribution in [2.45, 2.75) is 38.7 Å². The van der Waals surface area contributed by atoms with Gasteiger partial charge in [-0.25, -0.2) is 0 Å². The zero-order valence-electron chi connectivity index (χ0n) is 9.37. The summed E-state index contributed by atoms with van der Waals surface area (Å²) in [6, 6.07) is 0. The molecule has 1 rings (SSSR count). The van der Waals surface area contributed by atoms with E-state index in [0.717, 1.165) is 25.8 Å². The van der Waals surface area contributed by atoms with Gasteiger partial charge in [0, 0.05) is 6.54 Å². The fourth-order valence-corrected chi connectivity index (χ4v) is 1.96. The second-order valence-electron chi connectivity index (χ2n) is 4.09. The molecule has 0 saturated heterocycles. The van der Waals surface area contributed by atoms with Gasteiger partial charge in [-0.15, -0.1) is 0 Å². The van der Waals surface area contributed by atoms with Gasteiger partial charge in [0.2, 0.25) is 0 Å². The lowest BCUT2D eigenvalue weighted by atomic mass is 10.1. The van der Waals surface area contributed by atoms with Crippen molar-refractivity contribution in [2.24, 2.45) is 5.92 Å². The first kappa shape index (κ1) is 12.5. The second-order valence-corrected chi connectivity index (χ2v) is 4.09. The maximum Gasteiger partial charge on any atom is 0.307 e. The van der Waals surface area contributed by atoms with Gasteiger partial charge >= 0.3 is 5.97 Å². The molecule has 0 aromatic heterocycles. The summed E-state index contributed by atoms with van der Waals surface area (Å²) < 4.78 is 4.81. The number of aliphatic hydroxyl groups is 1. The number of carbonyl (C=O) groups is 1. The number of aliphatic hydroxyl groups excluding tert-OH is 1. The van der Waals surface area contributed by atoms with Gasteiger partial charge in [0.05, 0.1) is 19.1 Å². The van der Waals surface area contributed by atoms with Crippen molar-refractivity contribution in [3.05, 3.63) is 0 Å². The van der Waals surface area contributed by atoms with Crippen molar-refractivity contribution in [1.29, 1.82) is 0 Å². The van der Waals surface area contributed by atoms with Crippen molar-refractivity contribution < 1.29 is 14.6 Å². The third-order valence-corrected chi connectivity index (χ3v) is 2.76. The summed E-state index contributed by atoms with van der Waals surface area (Å²) in [5, 5.41) is 12.5. The minimum absolute atomic E-state index is 0.109. The van der Waals surface area contributed by atoms with Crippen LogP contribution in [0.2, 0.25) is 0 Å². The number of carbonyl (C=O) groups excluding carboxylic acids is 1. The van der Waals surface area contributed by atoms with E-state index in [2.05, 4.69) is 5.32 Å². The van der Waals surface area contributed by atoms with Gasteiger partial charge in [0.15, 0.2) is 0 Å². The molecular formula is C11H21NO3. The Morgan fingerprint density at radius 1 is 1.53 bits per heavy atom. The van der Waals surface area contributed by atoms with Crippen LogP contribution in [0.3, 0.4) is 0 Å². The Kier molecular flexibility index (Phi) is 5.65. The summed E-state index contributed by atoms with van der Waals surface area (Å²) in [6.45, 7) is 3.83. The van der Waals surface area contributed by atoms with Gasteiger partial charge in [0.25, 0.3) is 0 Å². The van der Waals surface area contributed by atoms with Crippen LogP contribution in [-0.2, 0) is 9.53 Å². The van der Waals surface area contributed by atoms with E-state index in [0.29, 0.717) is 25.5 Å². The van der Waals surface area contributed by atoms with Crippen molar-refractivity contribution in [1.82, 2.24) is 5.32 Å². The molecule has 0 amide bonds. The number of ether oxygens (including phenoxy) is 1. The Morgan fingerprint density at radius 2 is 2.33 bits per heavy atom. The van der Waals surface area contributed by atoms with Crippen LogP contribution in [0.5, 0.6) is 0 Å². The van der Waals surface area contributed by atoms with Gasteiger partial charge in [-0.3, -0.25) is 4.79 Å². The van der Waals surface area contributed by atoms with E-state index in [1.54, 1.807) is 0 Å². The summed E-state index contributed by atoms with van der Waals surface area (Å²) in [5.74, 6) is 0.429. The highest BCUT2D eigenvalue weighted by atomic mass is 16.5. The maximum absolute atomic E-state index is 11.0. The summed E-state index contributed by atoms with van der Waals surface area (Å²) in [4.78, 5) is 11.0. The molecule has 2 unspecified atom stereocenters. The Hall–Kier alpha value is -0.610. The molecule has 0 heterocycles. The van der Waals surface area contributed by atoms with Gasteiger partial charge in [-0.1, -0.05) is 0 Å². The molecule has 1 fully saturated rings. The van der Waals surface area contributed by atoms with Crippen LogP contribution in [0.25, 0.3) is 0 Å². The molecule has 4 heteroatoms. The van der Waals surface area contributed by atoms with Gasteiger partial charge in [-0.2, -0.15) is 0 Å². The third-order valence-electron chi connectivity index (χ3n) is 2.76. The highest BCUT2D eigenvalue weighted by Gasteiger charge is 2.21. The van der Waals surface area contributed by atoms with Crippen molar-refractivity contribution >= 4 is 5.97 Å². The minimum Gasteiger partial charge on any atom is -0.466 e. The van der Waals surface area contributed by atoms with E-state index in [4.69, 9.17) is 4.74 Å². The van der Waals surface area contributed by atoms with Crippen molar-refractivity contribution in [3.8, 4) is 0 Å². The SMILES string of the molecule is CCOC(=O)CCNCC1CCC(O)C1. The smallest absolute Gasteiger partial charge is 0.307 e. The molecule has 0 radical (unpaired) electrons. The lowest BCUT2D eigenvalue weighted by molar-refractivity contribution is -0.142. The predicted molar refractivity (Wildman–Crippen MR) is 57.5 cm³/mol. The third kappa shape index (κ3) is 5.14. The lowest BCUT2D eigenvalue weighted by Crippen LogP contribution is -2.25. The van der Waals surface area contributed by atoms with E-state index >= 15 is 0 Å². The van der Waals surface area contributed by atoms with Crippen LogP contribution in [0, 0.1) is 5.92 Å². The number of nitrogens with one attached hydrogen (secondary N) is 1. The quantitative estimate of drug-likeness (QED) is 0.505. The van der Waals surface area contributed by atoms with Crippen LogP contribution in [0.15, 0.2) is 0 Å². The van der Waals surface area contributed by atoms with Crippen LogP contribution in [-0.4, -0.2) is 36.9 Å². The highest BCUT2D eigenvalue weighted by Crippen LogP contribution is 2.24. The van der Waals surface area contributed by atoms with Crippen molar-refractivity contribution in [3.63, 3.8) is 0 Å². The Bertz CT molecular complexity index is 196. The lowest BCUT2D eigenvalue weighted by Gasteiger charge is -2.10. The molecule has 0 aromatic carbocycles. The van der Waals surface area contributed by atoms with E-state index in [9.17, 15) is 9.90 Å². The van der Waals surface area contributed by atoms with Gasteiger partial charge in [0.1, 0.15) is 0 Å². The maximum atomic E-state index is 11.0. The molecule has 1 aliphatic carbocycles. The Morgan fingerprint density at radius 3 is 2.93 bits per heavy atom. The minimum atomic E-state index is -0.142. The molecule has 1 aliphatic rings. The summed E-state index contributed by atoms with van der Waals surface area (Å²) >= 11 is 0. The molecule has 2 N–H and O–H groups in total. The molecule has 15 heavy (non-hydrogen) atoms. The highest BCUT2D eigenvalue weighted by molar-refractivity contribution is 5.69. The predicted octanol–water partition coefficient (Wildman–Crippen LogP) is 0.690. The van der Waals surface area contributed by atoms with Gasteiger partial charge < -0.3 is 15.2 Å². The van der Waals surface area contributed by atoms with Crippen LogP contribution >= 0.6 is 0 Å². The fraction of sp³-hybridized carbons (Fsp3) is 0.909. The molecule has 1 saturated carbocycles. The average Bonchev–Trinajstić information content (AvgIpc) is 2.60. The second kappa shape index (κ2) is 6.80. The molecule has 0 aliphatic heterocycles. The molecule has 0 spiro atoms. The Balaban J connectivity index is 1.95. The number of rotatable bonds is 6. The topological polar surface area (TPSA) is 58.6 Å². The molecule has 0 aromatic rings. The normalized spacial score (nSPS) is 25.5. The zero-order chi connectivity index (χ0) is 11.1. The number of esters is 1. The van der Waals surface area contributed by atoms with E-state index in [-0.39, 0.29) is 12.1 Å². The van der Waals surface area contributed by atoms with Crippen LogP contribution in [0.1, 0.15) is 32.6 Å². The average molecular weight is 215 g/mol.